The number of aromatic hydroxyl groups is 1. The van der Waals surface area contributed by atoms with Gasteiger partial charge in [0.15, 0.2) is 5.58 Å². The summed E-state index contributed by atoms with van der Waals surface area (Å²) >= 11 is 0. The minimum absolute atomic E-state index is 0.110. The fourth-order valence-electron chi connectivity index (χ4n) is 3.38. The van der Waals surface area contributed by atoms with Gasteiger partial charge in [0, 0.05) is 16.8 Å². The predicted molar refractivity (Wildman–Crippen MR) is 95.2 cm³/mol. The lowest BCUT2D eigenvalue weighted by Crippen LogP contribution is -2.02. The van der Waals surface area contributed by atoms with Crippen molar-refractivity contribution in [3.63, 3.8) is 0 Å². The van der Waals surface area contributed by atoms with Crippen molar-refractivity contribution in [1.29, 1.82) is 0 Å². The van der Waals surface area contributed by atoms with Crippen LogP contribution in [-0.2, 0) is 0 Å². The molecule has 2 heterocycles. The van der Waals surface area contributed by atoms with E-state index in [9.17, 15) is 14.7 Å². The first-order chi connectivity index (χ1) is 12.1. The first-order valence-electron chi connectivity index (χ1n) is 7.68. The van der Waals surface area contributed by atoms with Gasteiger partial charge in [0.1, 0.15) is 11.3 Å². The highest BCUT2D eigenvalue weighted by Gasteiger charge is 2.18. The molecule has 3 aromatic carbocycles. The lowest BCUT2D eigenvalue weighted by molar-refractivity contribution is 0.477. The first-order valence-corrected chi connectivity index (χ1v) is 7.68. The number of hydrogen-bond acceptors (Lipinski definition) is 5. The number of benzene rings is 3. The molecule has 0 aliphatic rings. The Morgan fingerprint density at radius 1 is 0.680 bits per heavy atom. The average molecular weight is 330 g/mol. The zero-order valence-electron chi connectivity index (χ0n) is 12.8. The SMILES string of the molecule is O=c1oc2c(c(O)cc3oc(=O)c4ccccc4c32)c2ccccc12. The summed E-state index contributed by atoms with van der Waals surface area (Å²) in [5, 5.41) is 13.4. The van der Waals surface area contributed by atoms with E-state index in [0.29, 0.717) is 32.3 Å². The maximum Gasteiger partial charge on any atom is 0.344 e. The number of hydrogen-bond donors (Lipinski definition) is 1. The molecule has 120 valence electrons. The monoisotopic (exact) mass is 330 g/mol. The van der Waals surface area contributed by atoms with Crippen LogP contribution < -0.4 is 11.3 Å². The van der Waals surface area contributed by atoms with Gasteiger partial charge in [-0.25, -0.2) is 9.59 Å². The van der Waals surface area contributed by atoms with E-state index in [2.05, 4.69) is 0 Å². The Labute approximate surface area is 139 Å². The van der Waals surface area contributed by atoms with E-state index in [4.69, 9.17) is 8.83 Å². The molecule has 1 N–H and O–H groups in total. The highest BCUT2D eigenvalue weighted by molar-refractivity contribution is 6.22. The van der Waals surface area contributed by atoms with E-state index in [0.717, 1.165) is 0 Å². The molecule has 0 bridgehead atoms. The molecule has 5 nitrogen and oxygen atoms in total. The van der Waals surface area contributed by atoms with Crippen molar-refractivity contribution in [2.75, 3.05) is 0 Å². The minimum atomic E-state index is -0.509. The third kappa shape index (κ3) is 1.77. The molecule has 5 heteroatoms. The number of phenolic OH excluding ortho intramolecular Hbond substituents is 1. The van der Waals surface area contributed by atoms with Crippen molar-refractivity contribution in [3.05, 3.63) is 75.4 Å². The van der Waals surface area contributed by atoms with E-state index in [1.807, 2.05) is 0 Å². The second kappa shape index (κ2) is 4.70. The maximum absolute atomic E-state index is 12.4. The number of rotatable bonds is 0. The molecule has 25 heavy (non-hydrogen) atoms. The zero-order valence-corrected chi connectivity index (χ0v) is 12.8. The van der Waals surface area contributed by atoms with Gasteiger partial charge in [-0.05, 0) is 12.1 Å². The molecule has 0 saturated carbocycles. The van der Waals surface area contributed by atoms with E-state index in [-0.39, 0.29) is 16.9 Å². The van der Waals surface area contributed by atoms with E-state index >= 15 is 0 Å². The van der Waals surface area contributed by atoms with Gasteiger partial charge in [0.05, 0.1) is 21.5 Å². The van der Waals surface area contributed by atoms with Crippen molar-refractivity contribution in [2.45, 2.75) is 0 Å². The van der Waals surface area contributed by atoms with Gasteiger partial charge in [0.25, 0.3) is 0 Å². The van der Waals surface area contributed by atoms with Gasteiger partial charge < -0.3 is 13.9 Å². The van der Waals surface area contributed by atoms with Gasteiger partial charge in [-0.1, -0.05) is 36.4 Å². The van der Waals surface area contributed by atoms with Crippen LogP contribution in [0.2, 0.25) is 0 Å². The molecule has 5 aromatic rings. The fraction of sp³-hybridized carbons (Fsp3) is 0. The summed E-state index contributed by atoms with van der Waals surface area (Å²) in [6.45, 7) is 0. The standard InChI is InChI=1S/C20H10O5/c21-14-9-15-17(11-6-2-4-8-13(11)19(22)24-15)18-16(14)10-5-1-3-7-12(10)20(23)25-18/h1-9,21H. The Morgan fingerprint density at radius 2 is 1.20 bits per heavy atom. The normalized spacial score (nSPS) is 11.7. The Morgan fingerprint density at radius 3 is 1.84 bits per heavy atom. The molecule has 0 saturated heterocycles. The highest BCUT2D eigenvalue weighted by atomic mass is 16.4. The average Bonchev–Trinajstić information content (AvgIpc) is 2.61. The molecule has 0 fully saturated rings. The smallest absolute Gasteiger partial charge is 0.344 e. The molecule has 5 rings (SSSR count). The summed E-state index contributed by atoms with van der Waals surface area (Å²) in [4.78, 5) is 24.6. The first kappa shape index (κ1) is 13.8. The predicted octanol–water partition coefficient (Wildman–Crippen LogP) is 3.91. The minimum Gasteiger partial charge on any atom is -0.507 e. The van der Waals surface area contributed by atoms with Gasteiger partial charge in [-0.15, -0.1) is 0 Å². The highest BCUT2D eigenvalue weighted by Crippen LogP contribution is 2.38. The molecular weight excluding hydrogens is 320 g/mol. The van der Waals surface area contributed by atoms with Crippen LogP contribution in [0.25, 0.3) is 43.5 Å². The second-order valence-electron chi connectivity index (χ2n) is 5.84. The third-order valence-electron chi connectivity index (χ3n) is 4.45. The summed E-state index contributed by atoms with van der Waals surface area (Å²) in [6.07, 6.45) is 0. The van der Waals surface area contributed by atoms with E-state index < -0.39 is 11.3 Å². The molecule has 0 atom stereocenters. The van der Waals surface area contributed by atoms with Crippen molar-refractivity contribution < 1.29 is 13.9 Å². The summed E-state index contributed by atoms with van der Waals surface area (Å²) in [5.41, 5.74) is -0.638. The molecule has 0 amide bonds. The Bertz CT molecular complexity index is 1440. The maximum atomic E-state index is 12.4. The fourth-order valence-corrected chi connectivity index (χ4v) is 3.38. The van der Waals surface area contributed by atoms with Crippen LogP contribution in [0.15, 0.2) is 73.0 Å². The lowest BCUT2D eigenvalue weighted by atomic mass is 10.0. The summed E-state index contributed by atoms with van der Waals surface area (Å²) in [7, 11) is 0. The van der Waals surface area contributed by atoms with E-state index in [1.165, 1.54) is 6.07 Å². The van der Waals surface area contributed by atoms with Gasteiger partial charge in [-0.3, -0.25) is 0 Å². The molecule has 0 aliphatic heterocycles. The Hall–Kier alpha value is -3.60. The molecule has 0 spiro atoms. The van der Waals surface area contributed by atoms with Crippen LogP contribution in [0.1, 0.15) is 0 Å². The van der Waals surface area contributed by atoms with E-state index in [1.54, 1.807) is 48.5 Å². The van der Waals surface area contributed by atoms with Gasteiger partial charge >= 0.3 is 11.3 Å². The quantitative estimate of drug-likeness (QED) is 0.344. The van der Waals surface area contributed by atoms with Crippen molar-refractivity contribution in [3.8, 4) is 5.75 Å². The van der Waals surface area contributed by atoms with Crippen LogP contribution in [0.5, 0.6) is 5.75 Å². The Balaban J connectivity index is 2.22. The number of phenols is 1. The molecule has 0 radical (unpaired) electrons. The third-order valence-corrected chi connectivity index (χ3v) is 4.45. The molecular formula is C20H10O5. The van der Waals surface area contributed by atoms with Gasteiger partial charge in [0.2, 0.25) is 0 Å². The summed E-state index contributed by atoms with van der Waals surface area (Å²) in [6, 6.07) is 15.2. The lowest BCUT2D eigenvalue weighted by Gasteiger charge is -2.09. The largest absolute Gasteiger partial charge is 0.507 e. The molecule has 2 aromatic heterocycles. The molecule has 0 unspecified atom stereocenters. The van der Waals surface area contributed by atoms with Gasteiger partial charge in [-0.2, -0.15) is 0 Å². The topological polar surface area (TPSA) is 80.7 Å². The van der Waals surface area contributed by atoms with Crippen LogP contribution in [0, 0.1) is 0 Å². The van der Waals surface area contributed by atoms with Crippen molar-refractivity contribution in [2.24, 2.45) is 0 Å². The second-order valence-corrected chi connectivity index (χ2v) is 5.84. The van der Waals surface area contributed by atoms with Crippen molar-refractivity contribution in [1.82, 2.24) is 0 Å². The molecule has 0 aliphatic carbocycles. The van der Waals surface area contributed by atoms with Crippen LogP contribution in [0.3, 0.4) is 0 Å². The summed E-state index contributed by atoms with van der Waals surface area (Å²) in [5.74, 6) is -0.110. The van der Waals surface area contributed by atoms with Crippen LogP contribution >= 0.6 is 0 Å². The van der Waals surface area contributed by atoms with Crippen LogP contribution in [-0.4, -0.2) is 5.11 Å². The Kier molecular flexibility index (Phi) is 2.60. The zero-order chi connectivity index (χ0) is 17.1. The summed E-state index contributed by atoms with van der Waals surface area (Å²) < 4.78 is 10.9. The number of fused-ring (bicyclic) bond motifs is 7. The van der Waals surface area contributed by atoms with Crippen LogP contribution in [0.4, 0.5) is 0 Å². The van der Waals surface area contributed by atoms with Crippen molar-refractivity contribution >= 4 is 43.5 Å².